The van der Waals surface area contributed by atoms with E-state index in [0.29, 0.717) is 12.2 Å². The molecule has 12 heavy (non-hydrogen) atoms. The second-order valence-electron chi connectivity index (χ2n) is 3.75. The first-order valence-electron chi connectivity index (χ1n) is 5.00. The SMILES string of the molecule is CCC(C)C(=O)CCNC1CC1. The maximum atomic E-state index is 11.3. The minimum atomic E-state index is 0.256. The second kappa shape index (κ2) is 4.61. The van der Waals surface area contributed by atoms with Crippen molar-refractivity contribution in [3.63, 3.8) is 0 Å². The predicted molar refractivity (Wildman–Crippen MR) is 50.1 cm³/mol. The van der Waals surface area contributed by atoms with Crippen molar-refractivity contribution in [1.82, 2.24) is 5.32 Å². The molecule has 70 valence electrons. The largest absolute Gasteiger partial charge is 0.314 e. The molecule has 0 spiro atoms. The third-order valence-corrected chi connectivity index (χ3v) is 2.54. The van der Waals surface area contributed by atoms with Gasteiger partial charge in [-0.1, -0.05) is 13.8 Å². The molecule has 0 aliphatic heterocycles. The highest BCUT2D eigenvalue weighted by Gasteiger charge is 2.20. The van der Waals surface area contributed by atoms with Gasteiger partial charge in [-0.2, -0.15) is 0 Å². The zero-order valence-corrected chi connectivity index (χ0v) is 8.10. The quantitative estimate of drug-likeness (QED) is 0.656. The molecule has 0 radical (unpaired) electrons. The maximum absolute atomic E-state index is 11.3. The van der Waals surface area contributed by atoms with Gasteiger partial charge in [0, 0.05) is 24.9 Å². The Bertz CT molecular complexity index is 152. The highest BCUT2D eigenvalue weighted by molar-refractivity contribution is 5.80. The van der Waals surface area contributed by atoms with Gasteiger partial charge < -0.3 is 5.32 Å². The van der Waals surface area contributed by atoms with Crippen LogP contribution in [0.25, 0.3) is 0 Å². The summed E-state index contributed by atoms with van der Waals surface area (Å²) in [6.07, 6.45) is 4.29. The smallest absolute Gasteiger partial charge is 0.136 e. The molecular formula is C10H19NO. The Hall–Kier alpha value is -0.370. The van der Waals surface area contributed by atoms with E-state index in [-0.39, 0.29) is 5.92 Å². The number of carbonyl (C=O) groups is 1. The first-order chi connectivity index (χ1) is 5.74. The highest BCUT2D eigenvalue weighted by atomic mass is 16.1. The summed E-state index contributed by atoms with van der Waals surface area (Å²) < 4.78 is 0. The van der Waals surface area contributed by atoms with E-state index in [2.05, 4.69) is 12.2 Å². The van der Waals surface area contributed by atoms with Crippen LogP contribution in [0.4, 0.5) is 0 Å². The van der Waals surface area contributed by atoms with E-state index in [1.165, 1.54) is 12.8 Å². The molecule has 2 nitrogen and oxygen atoms in total. The van der Waals surface area contributed by atoms with E-state index in [0.717, 1.165) is 19.0 Å². The van der Waals surface area contributed by atoms with E-state index in [1.54, 1.807) is 0 Å². The molecule has 0 bridgehead atoms. The fourth-order valence-corrected chi connectivity index (χ4v) is 1.16. The summed E-state index contributed by atoms with van der Waals surface area (Å²) in [4.78, 5) is 11.3. The highest BCUT2D eigenvalue weighted by Crippen LogP contribution is 2.18. The van der Waals surface area contributed by atoms with Gasteiger partial charge in [0.05, 0.1) is 0 Å². The van der Waals surface area contributed by atoms with Crippen LogP contribution in [-0.4, -0.2) is 18.4 Å². The summed E-state index contributed by atoms with van der Waals surface area (Å²) in [6.45, 7) is 4.96. The van der Waals surface area contributed by atoms with E-state index < -0.39 is 0 Å². The molecule has 0 aromatic rings. The summed E-state index contributed by atoms with van der Waals surface area (Å²) in [6, 6.07) is 0.731. The Morgan fingerprint density at radius 1 is 1.58 bits per heavy atom. The van der Waals surface area contributed by atoms with Crippen LogP contribution >= 0.6 is 0 Å². The molecule has 0 aromatic carbocycles. The lowest BCUT2D eigenvalue weighted by Gasteiger charge is -2.07. The molecule has 1 aliphatic rings. The number of ketones is 1. The lowest BCUT2D eigenvalue weighted by Crippen LogP contribution is -2.22. The van der Waals surface area contributed by atoms with E-state index >= 15 is 0 Å². The molecule has 2 heteroatoms. The zero-order valence-electron chi connectivity index (χ0n) is 8.10. The number of carbonyl (C=O) groups excluding carboxylic acids is 1. The predicted octanol–water partition coefficient (Wildman–Crippen LogP) is 1.74. The molecule has 1 fully saturated rings. The lowest BCUT2D eigenvalue weighted by molar-refractivity contribution is -0.122. The average Bonchev–Trinajstić information content (AvgIpc) is 2.86. The third-order valence-electron chi connectivity index (χ3n) is 2.54. The van der Waals surface area contributed by atoms with Crippen molar-refractivity contribution < 1.29 is 4.79 Å². The lowest BCUT2D eigenvalue weighted by atomic mass is 10.0. The number of hydrogen-bond donors (Lipinski definition) is 1. The summed E-state index contributed by atoms with van der Waals surface area (Å²) in [5.41, 5.74) is 0. The van der Waals surface area contributed by atoms with Gasteiger partial charge in [0.15, 0.2) is 0 Å². The summed E-state index contributed by atoms with van der Waals surface area (Å²) >= 11 is 0. The Morgan fingerprint density at radius 2 is 2.25 bits per heavy atom. The van der Waals surface area contributed by atoms with Gasteiger partial charge in [0.2, 0.25) is 0 Å². The summed E-state index contributed by atoms with van der Waals surface area (Å²) in [5, 5.41) is 3.35. The molecule has 1 rings (SSSR count). The monoisotopic (exact) mass is 169 g/mol. The van der Waals surface area contributed by atoms with Crippen molar-refractivity contribution in [2.24, 2.45) is 5.92 Å². The molecule has 1 saturated carbocycles. The normalized spacial score (nSPS) is 19.2. The van der Waals surface area contributed by atoms with Crippen molar-refractivity contribution >= 4 is 5.78 Å². The van der Waals surface area contributed by atoms with E-state index in [9.17, 15) is 4.79 Å². The van der Waals surface area contributed by atoms with E-state index in [4.69, 9.17) is 0 Å². The van der Waals surface area contributed by atoms with Crippen molar-refractivity contribution in [3.8, 4) is 0 Å². The fraction of sp³-hybridized carbons (Fsp3) is 0.900. The summed E-state index contributed by atoms with van der Waals surface area (Å²) in [5.74, 6) is 0.664. The Labute approximate surface area is 74.7 Å². The van der Waals surface area contributed by atoms with Crippen LogP contribution in [0, 0.1) is 5.92 Å². The van der Waals surface area contributed by atoms with Gasteiger partial charge in [-0.15, -0.1) is 0 Å². The van der Waals surface area contributed by atoms with E-state index in [1.807, 2.05) is 6.92 Å². The first-order valence-corrected chi connectivity index (χ1v) is 5.00. The maximum Gasteiger partial charge on any atom is 0.136 e. The van der Waals surface area contributed by atoms with Gasteiger partial charge in [-0.25, -0.2) is 0 Å². The van der Waals surface area contributed by atoms with Crippen LogP contribution < -0.4 is 5.32 Å². The summed E-state index contributed by atoms with van der Waals surface area (Å²) in [7, 11) is 0. The van der Waals surface area contributed by atoms with Crippen molar-refractivity contribution in [3.05, 3.63) is 0 Å². The molecule has 0 saturated heterocycles. The Balaban J connectivity index is 2.00. The number of hydrogen-bond acceptors (Lipinski definition) is 2. The molecule has 1 aliphatic carbocycles. The molecular weight excluding hydrogens is 150 g/mol. The minimum Gasteiger partial charge on any atom is -0.314 e. The molecule has 0 aromatic heterocycles. The fourth-order valence-electron chi connectivity index (χ4n) is 1.16. The van der Waals surface area contributed by atoms with Crippen molar-refractivity contribution in [2.45, 2.75) is 45.6 Å². The van der Waals surface area contributed by atoms with Gasteiger partial charge in [0.1, 0.15) is 5.78 Å². The number of Topliss-reactive ketones (excluding diaryl/α,β-unsaturated/α-hetero) is 1. The minimum absolute atomic E-state index is 0.256. The topological polar surface area (TPSA) is 29.1 Å². The van der Waals surface area contributed by atoms with Crippen LogP contribution in [-0.2, 0) is 4.79 Å². The van der Waals surface area contributed by atoms with Crippen LogP contribution in [0.1, 0.15) is 39.5 Å². The van der Waals surface area contributed by atoms with Crippen molar-refractivity contribution in [1.29, 1.82) is 0 Å². The second-order valence-corrected chi connectivity index (χ2v) is 3.75. The first kappa shape index (κ1) is 9.72. The number of nitrogens with one attached hydrogen (secondary N) is 1. The molecule has 0 heterocycles. The van der Waals surface area contributed by atoms with Crippen molar-refractivity contribution in [2.75, 3.05) is 6.54 Å². The Morgan fingerprint density at radius 3 is 2.75 bits per heavy atom. The van der Waals surface area contributed by atoms with Crippen LogP contribution in [0.5, 0.6) is 0 Å². The van der Waals surface area contributed by atoms with Crippen LogP contribution in [0.3, 0.4) is 0 Å². The average molecular weight is 169 g/mol. The van der Waals surface area contributed by atoms with Gasteiger partial charge in [-0.3, -0.25) is 4.79 Å². The standard InChI is InChI=1S/C10H19NO/c1-3-8(2)10(12)6-7-11-9-4-5-9/h8-9,11H,3-7H2,1-2H3. The number of rotatable bonds is 6. The van der Waals surface area contributed by atoms with Crippen LogP contribution in [0.15, 0.2) is 0 Å². The Kier molecular flexibility index (Phi) is 3.73. The molecule has 1 unspecified atom stereocenters. The molecule has 1 atom stereocenters. The van der Waals surface area contributed by atoms with Gasteiger partial charge >= 0.3 is 0 Å². The molecule has 0 amide bonds. The van der Waals surface area contributed by atoms with Gasteiger partial charge in [-0.05, 0) is 19.3 Å². The third kappa shape index (κ3) is 3.35. The van der Waals surface area contributed by atoms with Gasteiger partial charge in [0.25, 0.3) is 0 Å². The zero-order chi connectivity index (χ0) is 8.97. The van der Waals surface area contributed by atoms with Crippen LogP contribution in [0.2, 0.25) is 0 Å². The molecule has 1 N–H and O–H groups in total.